The highest BCUT2D eigenvalue weighted by atomic mass is 32.2. The van der Waals surface area contributed by atoms with Gasteiger partial charge in [0.1, 0.15) is 5.82 Å². The maximum Gasteiger partial charge on any atom is 0.124 e. The van der Waals surface area contributed by atoms with E-state index in [2.05, 4.69) is 6.92 Å². The molecule has 5 heteroatoms. The zero-order valence-corrected chi connectivity index (χ0v) is 11.3. The van der Waals surface area contributed by atoms with Crippen LogP contribution in [-0.2, 0) is 15.5 Å². The van der Waals surface area contributed by atoms with Gasteiger partial charge in [0.25, 0.3) is 0 Å². The fourth-order valence-corrected chi connectivity index (χ4v) is 2.51. The summed E-state index contributed by atoms with van der Waals surface area (Å²) in [4.78, 5) is 0.391. The number of benzene rings is 1. The quantitative estimate of drug-likeness (QED) is 0.739. The van der Waals surface area contributed by atoms with Crippen molar-refractivity contribution in [1.82, 2.24) is 0 Å². The van der Waals surface area contributed by atoms with Crippen molar-refractivity contribution in [3.8, 4) is 0 Å². The zero-order chi connectivity index (χ0) is 13.4. The van der Waals surface area contributed by atoms with Crippen molar-refractivity contribution < 1.29 is 18.4 Å². The molecular weight excluding hydrogens is 255 g/mol. The molecule has 0 aromatic heterocycles. The first-order valence-corrected chi connectivity index (χ1v) is 7.35. The monoisotopic (exact) mass is 274 g/mol. The molecule has 0 heterocycles. The zero-order valence-electron chi connectivity index (χ0n) is 10.5. The van der Waals surface area contributed by atoms with Gasteiger partial charge in [-0.3, -0.25) is 4.21 Å². The van der Waals surface area contributed by atoms with Crippen molar-refractivity contribution in [1.29, 1.82) is 0 Å². The Morgan fingerprint density at radius 3 is 2.94 bits per heavy atom. The predicted molar refractivity (Wildman–Crippen MR) is 69.4 cm³/mol. The average Bonchev–Trinajstić information content (AvgIpc) is 2.34. The van der Waals surface area contributed by atoms with Crippen LogP contribution < -0.4 is 0 Å². The second kappa shape index (κ2) is 8.34. The largest absolute Gasteiger partial charge is 0.390 e. The van der Waals surface area contributed by atoms with Crippen LogP contribution in [0.25, 0.3) is 0 Å². The van der Waals surface area contributed by atoms with Crippen LogP contribution >= 0.6 is 0 Å². The fourth-order valence-electron chi connectivity index (χ4n) is 1.39. The third-order valence-electron chi connectivity index (χ3n) is 2.36. The first-order valence-electron chi connectivity index (χ1n) is 6.03. The van der Waals surface area contributed by atoms with E-state index in [-0.39, 0.29) is 12.4 Å². The summed E-state index contributed by atoms with van der Waals surface area (Å²) in [6.45, 7) is 2.82. The van der Waals surface area contributed by atoms with E-state index < -0.39 is 22.7 Å². The lowest BCUT2D eigenvalue weighted by molar-refractivity contribution is 0.0469. The minimum Gasteiger partial charge on any atom is -0.390 e. The van der Waals surface area contributed by atoms with Gasteiger partial charge in [-0.05, 0) is 24.6 Å². The van der Waals surface area contributed by atoms with Gasteiger partial charge in [-0.25, -0.2) is 4.39 Å². The minimum absolute atomic E-state index is 0.0651. The van der Waals surface area contributed by atoms with Crippen molar-refractivity contribution in [2.75, 3.05) is 19.0 Å². The lowest BCUT2D eigenvalue weighted by Crippen LogP contribution is -2.23. The van der Waals surface area contributed by atoms with Crippen LogP contribution in [0.1, 0.15) is 19.8 Å². The second-order valence-electron chi connectivity index (χ2n) is 4.05. The Labute approximate surface area is 109 Å². The van der Waals surface area contributed by atoms with E-state index >= 15 is 0 Å². The molecule has 0 aliphatic rings. The molecule has 102 valence electrons. The average molecular weight is 274 g/mol. The fraction of sp³-hybridized carbons (Fsp3) is 0.538. The van der Waals surface area contributed by atoms with Gasteiger partial charge in [0.15, 0.2) is 0 Å². The Hall–Kier alpha value is -0.780. The first-order chi connectivity index (χ1) is 8.63. The molecule has 3 nitrogen and oxygen atoms in total. The molecule has 0 aliphatic heterocycles. The molecule has 2 atom stereocenters. The molecular formula is C13H19FO3S. The molecule has 0 saturated carbocycles. The van der Waals surface area contributed by atoms with Gasteiger partial charge in [-0.1, -0.05) is 19.4 Å². The number of unbranched alkanes of at least 4 members (excludes halogenated alkanes) is 1. The highest BCUT2D eigenvalue weighted by Crippen LogP contribution is 2.10. The summed E-state index contributed by atoms with van der Waals surface area (Å²) in [5, 5.41) is 9.64. The Morgan fingerprint density at radius 1 is 1.50 bits per heavy atom. The molecule has 0 amide bonds. The molecule has 0 bridgehead atoms. The van der Waals surface area contributed by atoms with Gasteiger partial charge < -0.3 is 9.84 Å². The van der Waals surface area contributed by atoms with E-state index in [0.29, 0.717) is 11.5 Å². The van der Waals surface area contributed by atoms with Crippen molar-refractivity contribution in [2.24, 2.45) is 0 Å². The minimum atomic E-state index is -1.40. The summed E-state index contributed by atoms with van der Waals surface area (Å²) in [5.41, 5.74) is 0. The summed E-state index contributed by atoms with van der Waals surface area (Å²) in [6.07, 6.45) is 1.19. The molecule has 18 heavy (non-hydrogen) atoms. The van der Waals surface area contributed by atoms with Gasteiger partial charge in [-0.2, -0.15) is 0 Å². The number of halogens is 1. The van der Waals surface area contributed by atoms with Crippen molar-refractivity contribution in [3.63, 3.8) is 0 Å². The third-order valence-corrected chi connectivity index (χ3v) is 3.82. The van der Waals surface area contributed by atoms with Crippen LogP contribution in [-0.4, -0.2) is 34.4 Å². The van der Waals surface area contributed by atoms with Crippen LogP contribution in [0.5, 0.6) is 0 Å². The van der Waals surface area contributed by atoms with Crippen LogP contribution in [0.3, 0.4) is 0 Å². The normalized spacial score (nSPS) is 14.4. The Balaban J connectivity index is 2.35. The SMILES string of the molecule is CCCCOCC(O)CS(=O)c1cccc(F)c1. The molecule has 1 aromatic rings. The number of aliphatic hydroxyl groups is 1. The van der Waals surface area contributed by atoms with Gasteiger partial charge in [0.05, 0.1) is 29.3 Å². The van der Waals surface area contributed by atoms with Crippen molar-refractivity contribution in [3.05, 3.63) is 30.1 Å². The lowest BCUT2D eigenvalue weighted by Gasteiger charge is -2.11. The molecule has 0 fully saturated rings. The number of hydrogen-bond donors (Lipinski definition) is 1. The first kappa shape index (κ1) is 15.3. The summed E-state index contributed by atoms with van der Waals surface area (Å²) in [6, 6.07) is 5.61. The summed E-state index contributed by atoms with van der Waals surface area (Å²) >= 11 is 0. The van der Waals surface area contributed by atoms with Crippen molar-refractivity contribution in [2.45, 2.75) is 30.8 Å². The number of aliphatic hydroxyl groups excluding tert-OH is 1. The summed E-state index contributed by atoms with van der Waals surface area (Å²) in [5.74, 6) is -0.357. The Bertz CT molecular complexity index is 384. The Kier molecular flexibility index (Phi) is 7.08. The Morgan fingerprint density at radius 2 is 2.28 bits per heavy atom. The molecule has 1 aromatic carbocycles. The molecule has 0 spiro atoms. The molecule has 0 saturated heterocycles. The van der Waals surface area contributed by atoms with E-state index in [9.17, 15) is 13.7 Å². The van der Waals surface area contributed by atoms with Crippen LogP contribution in [0.15, 0.2) is 29.2 Å². The number of hydrogen-bond acceptors (Lipinski definition) is 3. The van der Waals surface area contributed by atoms with Gasteiger partial charge in [0.2, 0.25) is 0 Å². The van der Waals surface area contributed by atoms with Gasteiger partial charge in [0, 0.05) is 11.5 Å². The number of rotatable bonds is 8. The van der Waals surface area contributed by atoms with Crippen LogP contribution in [0.2, 0.25) is 0 Å². The van der Waals surface area contributed by atoms with Crippen molar-refractivity contribution >= 4 is 10.8 Å². The van der Waals surface area contributed by atoms with E-state index in [0.717, 1.165) is 12.8 Å². The molecule has 1 rings (SSSR count). The maximum absolute atomic E-state index is 12.9. The predicted octanol–water partition coefficient (Wildman–Crippen LogP) is 2.11. The van der Waals surface area contributed by atoms with Gasteiger partial charge in [-0.15, -0.1) is 0 Å². The second-order valence-corrected chi connectivity index (χ2v) is 5.55. The van der Waals surface area contributed by atoms with E-state index in [1.807, 2.05) is 0 Å². The lowest BCUT2D eigenvalue weighted by atomic mass is 10.3. The standard InChI is InChI=1S/C13H19FO3S/c1-2-3-7-17-9-12(15)10-18(16)13-6-4-5-11(14)8-13/h4-6,8,12,15H,2-3,7,9-10H2,1H3. The smallest absolute Gasteiger partial charge is 0.124 e. The van der Waals surface area contributed by atoms with Crippen LogP contribution in [0, 0.1) is 5.82 Å². The van der Waals surface area contributed by atoms with E-state index in [1.54, 1.807) is 6.07 Å². The van der Waals surface area contributed by atoms with Crippen LogP contribution in [0.4, 0.5) is 4.39 Å². The summed E-state index contributed by atoms with van der Waals surface area (Å²) in [7, 11) is -1.40. The summed E-state index contributed by atoms with van der Waals surface area (Å²) < 4.78 is 30.0. The third kappa shape index (κ3) is 5.71. The van der Waals surface area contributed by atoms with Gasteiger partial charge >= 0.3 is 0 Å². The van der Waals surface area contributed by atoms with E-state index in [1.165, 1.54) is 18.2 Å². The maximum atomic E-state index is 12.9. The molecule has 0 aliphatic carbocycles. The number of ether oxygens (including phenoxy) is 1. The van der Waals surface area contributed by atoms with E-state index in [4.69, 9.17) is 4.74 Å². The topological polar surface area (TPSA) is 46.5 Å². The highest BCUT2D eigenvalue weighted by Gasteiger charge is 2.12. The molecule has 2 unspecified atom stereocenters. The molecule has 1 N–H and O–H groups in total. The molecule has 0 radical (unpaired) electrons. The highest BCUT2D eigenvalue weighted by molar-refractivity contribution is 7.85.